The number of carbonyl (C=O) groups excluding carboxylic acids is 2. The first kappa shape index (κ1) is 14.0. The summed E-state index contributed by atoms with van der Waals surface area (Å²) in [5.41, 5.74) is -0.103. The van der Waals surface area contributed by atoms with Crippen LogP contribution in [0, 0.1) is 11.3 Å². The van der Waals surface area contributed by atoms with Crippen LogP contribution in [-0.4, -0.2) is 36.1 Å². The first-order chi connectivity index (χ1) is 7.84. The van der Waals surface area contributed by atoms with Gasteiger partial charge >= 0.3 is 0 Å². The normalized spacial score (nSPS) is 22.1. The molecule has 1 rings (SSSR count). The van der Waals surface area contributed by atoms with Crippen molar-refractivity contribution in [2.45, 2.75) is 39.7 Å². The third kappa shape index (κ3) is 4.00. The van der Waals surface area contributed by atoms with Crippen molar-refractivity contribution in [1.82, 2.24) is 10.6 Å². The van der Waals surface area contributed by atoms with Gasteiger partial charge in [0.1, 0.15) is 0 Å². The maximum absolute atomic E-state index is 11.9. The Morgan fingerprint density at radius 1 is 1.59 bits per heavy atom. The van der Waals surface area contributed by atoms with Crippen LogP contribution in [0.4, 0.5) is 0 Å². The van der Waals surface area contributed by atoms with Crippen LogP contribution >= 0.6 is 0 Å². The van der Waals surface area contributed by atoms with E-state index in [0.717, 1.165) is 0 Å². The number of hydrogen-bond acceptors (Lipinski definition) is 3. The molecular formula is C12H22N2O3. The second-order valence-electron chi connectivity index (χ2n) is 5.64. The molecule has 2 atom stereocenters. The van der Waals surface area contributed by atoms with E-state index in [4.69, 9.17) is 5.11 Å². The maximum Gasteiger partial charge on any atom is 0.225 e. The lowest BCUT2D eigenvalue weighted by molar-refractivity contribution is -0.127. The van der Waals surface area contributed by atoms with Crippen molar-refractivity contribution < 1.29 is 14.7 Å². The Labute approximate surface area is 102 Å². The van der Waals surface area contributed by atoms with Gasteiger partial charge in [-0.3, -0.25) is 9.59 Å². The highest BCUT2D eigenvalue weighted by molar-refractivity contribution is 5.89. The molecule has 5 nitrogen and oxygen atoms in total. The molecule has 2 unspecified atom stereocenters. The van der Waals surface area contributed by atoms with Gasteiger partial charge in [-0.25, -0.2) is 0 Å². The minimum atomic E-state index is -0.272. The zero-order valence-electron chi connectivity index (χ0n) is 10.7. The summed E-state index contributed by atoms with van der Waals surface area (Å²) < 4.78 is 0. The molecule has 1 heterocycles. The molecule has 1 saturated heterocycles. The summed E-state index contributed by atoms with van der Waals surface area (Å²) in [7, 11) is 0. The first-order valence-corrected chi connectivity index (χ1v) is 6.02. The Morgan fingerprint density at radius 3 is 2.65 bits per heavy atom. The molecule has 0 saturated carbocycles. The predicted molar refractivity (Wildman–Crippen MR) is 64.2 cm³/mol. The van der Waals surface area contributed by atoms with Crippen LogP contribution in [0.1, 0.15) is 33.6 Å². The van der Waals surface area contributed by atoms with Gasteiger partial charge in [0, 0.05) is 25.6 Å². The van der Waals surface area contributed by atoms with Crippen LogP contribution in [0.15, 0.2) is 0 Å². The van der Waals surface area contributed by atoms with E-state index in [0.29, 0.717) is 13.0 Å². The molecule has 0 radical (unpaired) electrons. The maximum atomic E-state index is 11.9. The molecular weight excluding hydrogens is 220 g/mol. The molecule has 1 aliphatic heterocycles. The second-order valence-corrected chi connectivity index (χ2v) is 5.64. The number of aliphatic hydroxyl groups is 1. The van der Waals surface area contributed by atoms with E-state index in [2.05, 4.69) is 10.6 Å². The molecule has 5 heteroatoms. The van der Waals surface area contributed by atoms with Crippen LogP contribution < -0.4 is 10.6 Å². The van der Waals surface area contributed by atoms with Gasteiger partial charge in [0.15, 0.2) is 0 Å². The van der Waals surface area contributed by atoms with Gasteiger partial charge < -0.3 is 15.7 Å². The lowest BCUT2D eigenvalue weighted by Crippen LogP contribution is -2.46. The van der Waals surface area contributed by atoms with E-state index >= 15 is 0 Å². The zero-order chi connectivity index (χ0) is 13.1. The summed E-state index contributed by atoms with van der Waals surface area (Å²) in [4.78, 5) is 23.0. The van der Waals surface area contributed by atoms with Crippen molar-refractivity contribution in [3.8, 4) is 0 Å². The van der Waals surface area contributed by atoms with Crippen molar-refractivity contribution in [2.24, 2.45) is 11.3 Å². The lowest BCUT2D eigenvalue weighted by Gasteiger charge is -2.31. The van der Waals surface area contributed by atoms with Gasteiger partial charge in [0.2, 0.25) is 11.8 Å². The third-order valence-corrected chi connectivity index (χ3v) is 3.13. The van der Waals surface area contributed by atoms with E-state index in [1.54, 1.807) is 0 Å². The summed E-state index contributed by atoms with van der Waals surface area (Å²) in [5.74, 6) is -0.442. The van der Waals surface area contributed by atoms with Gasteiger partial charge in [-0.2, -0.15) is 0 Å². The lowest BCUT2D eigenvalue weighted by atomic mass is 9.84. The van der Waals surface area contributed by atoms with Gasteiger partial charge in [0.05, 0.1) is 5.92 Å². The van der Waals surface area contributed by atoms with Crippen LogP contribution in [0.2, 0.25) is 0 Å². The summed E-state index contributed by atoms with van der Waals surface area (Å²) >= 11 is 0. The monoisotopic (exact) mass is 242 g/mol. The van der Waals surface area contributed by atoms with E-state index < -0.39 is 0 Å². The minimum Gasteiger partial charge on any atom is -0.396 e. The summed E-state index contributed by atoms with van der Waals surface area (Å²) in [5, 5.41) is 14.6. The minimum absolute atomic E-state index is 0.0457. The molecule has 1 fully saturated rings. The average molecular weight is 242 g/mol. The molecule has 0 aliphatic carbocycles. The molecule has 98 valence electrons. The molecule has 0 spiro atoms. The highest BCUT2D eigenvalue weighted by Crippen LogP contribution is 2.22. The van der Waals surface area contributed by atoms with Gasteiger partial charge in [-0.05, 0) is 11.8 Å². The fourth-order valence-corrected chi connectivity index (χ4v) is 1.93. The number of nitrogens with one attached hydrogen (secondary N) is 2. The van der Waals surface area contributed by atoms with Gasteiger partial charge in [-0.1, -0.05) is 20.8 Å². The number of aliphatic hydroxyl groups excluding tert-OH is 1. The van der Waals surface area contributed by atoms with Crippen molar-refractivity contribution in [1.29, 1.82) is 0 Å². The van der Waals surface area contributed by atoms with Crippen molar-refractivity contribution >= 4 is 11.8 Å². The van der Waals surface area contributed by atoms with E-state index in [1.807, 2.05) is 20.8 Å². The van der Waals surface area contributed by atoms with E-state index in [-0.39, 0.29) is 42.2 Å². The topological polar surface area (TPSA) is 78.4 Å². The second kappa shape index (κ2) is 5.49. The predicted octanol–water partition coefficient (Wildman–Crippen LogP) is 0.0358. The smallest absolute Gasteiger partial charge is 0.225 e. The molecule has 3 N–H and O–H groups in total. The fraction of sp³-hybridized carbons (Fsp3) is 0.833. The van der Waals surface area contributed by atoms with Gasteiger partial charge in [0.25, 0.3) is 0 Å². The van der Waals surface area contributed by atoms with Crippen LogP contribution in [0.5, 0.6) is 0 Å². The summed E-state index contributed by atoms with van der Waals surface area (Å²) in [6.45, 7) is 6.52. The molecule has 0 aromatic rings. The molecule has 0 aromatic heterocycles. The fourth-order valence-electron chi connectivity index (χ4n) is 1.93. The largest absolute Gasteiger partial charge is 0.396 e. The van der Waals surface area contributed by atoms with E-state index in [9.17, 15) is 9.59 Å². The van der Waals surface area contributed by atoms with Crippen LogP contribution in [0.3, 0.4) is 0 Å². The molecule has 1 aliphatic rings. The zero-order valence-corrected chi connectivity index (χ0v) is 10.7. The first-order valence-electron chi connectivity index (χ1n) is 6.02. The summed E-state index contributed by atoms with van der Waals surface area (Å²) in [6.07, 6.45) is 0.797. The number of amides is 2. The quantitative estimate of drug-likeness (QED) is 0.651. The van der Waals surface area contributed by atoms with Crippen LogP contribution in [0.25, 0.3) is 0 Å². The van der Waals surface area contributed by atoms with E-state index in [1.165, 1.54) is 0 Å². The Balaban J connectivity index is 2.55. The number of carbonyl (C=O) groups is 2. The SMILES string of the molecule is CC(C)(C)C(CCO)NC(=O)C1CNC(=O)C1. The third-order valence-electron chi connectivity index (χ3n) is 3.13. The Morgan fingerprint density at radius 2 is 2.24 bits per heavy atom. The molecule has 17 heavy (non-hydrogen) atoms. The standard InChI is InChI=1S/C12H22N2O3/c1-12(2,3)9(4-5-15)14-11(17)8-6-10(16)13-7-8/h8-9,15H,4-7H2,1-3H3,(H,13,16)(H,14,17). The summed E-state index contributed by atoms with van der Waals surface area (Å²) in [6, 6.07) is -0.0734. The Bertz CT molecular complexity index is 297. The number of hydrogen-bond donors (Lipinski definition) is 3. The Hall–Kier alpha value is -1.10. The number of rotatable bonds is 4. The molecule has 2 amide bonds. The highest BCUT2D eigenvalue weighted by Gasteiger charge is 2.32. The molecule has 0 bridgehead atoms. The van der Waals surface area contributed by atoms with Gasteiger partial charge in [-0.15, -0.1) is 0 Å². The van der Waals surface area contributed by atoms with Crippen molar-refractivity contribution in [3.63, 3.8) is 0 Å². The van der Waals surface area contributed by atoms with Crippen LogP contribution in [-0.2, 0) is 9.59 Å². The van der Waals surface area contributed by atoms with Crippen molar-refractivity contribution in [2.75, 3.05) is 13.2 Å². The highest BCUT2D eigenvalue weighted by atomic mass is 16.3. The van der Waals surface area contributed by atoms with Crippen molar-refractivity contribution in [3.05, 3.63) is 0 Å². The average Bonchev–Trinajstić information content (AvgIpc) is 2.62. The Kier molecular flexibility index (Phi) is 4.51. The molecule has 0 aromatic carbocycles.